The first kappa shape index (κ1) is 18.8. The minimum Gasteiger partial charge on any atom is -0.480 e. The van der Waals surface area contributed by atoms with Crippen LogP contribution >= 0.6 is 11.8 Å². The van der Waals surface area contributed by atoms with E-state index in [2.05, 4.69) is 17.6 Å². The van der Waals surface area contributed by atoms with Crippen LogP contribution in [0.1, 0.15) is 56.3 Å². The molecule has 0 saturated heterocycles. The smallest absolute Gasteiger partial charge is 0.329 e. The normalized spacial score (nSPS) is 28.0. The molecule has 0 bridgehead atoms. The summed E-state index contributed by atoms with van der Waals surface area (Å²) in [5, 5.41) is 15.1. The Kier molecular flexibility index (Phi) is 5.27. The van der Waals surface area contributed by atoms with E-state index in [4.69, 9.17) is 0 Å². The van der Waals surface area contributed by atoms with Gasteiger partial charge in [0.15, 0.2) is 0 Å². The van der Waals surface area contributed by atoms with Gasteiger partial charge in [0.2, 0.25) is 5.91 Å². The lowest BCUT2D eigenvalue weighted by Crippen LogP contribution is -2.56. The molecule has 1 saturated carbocycles. The number of aliphatic carboxylic acids is 1. The summed E-state index contributed by atoms with van der Waals surface area (Å²) < 4.78 is 0. The molecule has 3 rings (SSSR count). The molecule has 1 aliphatic heterocycles. The second-order valence-corrected chi connectivity index (χ2v) is 8.54. The van der Waals surface area contributed by atoms with E-state index >= 15 is 0 Å². The highest BCUT2D eigenvalue weighted by Crippen LogP contribution is 2.37. The van der Waals surface area contributed by atoms with Crippen molar-refractivity contribution in [3.63, 3.8) is 0 Å². The highest BCUT2D eigenvalue weighted by atomic mass is 32.2. The molecule has 1 aromatic rings. The molecule has 7 heteroatoms. The first-order chi connectivity index (χ1) is 12.3. The van der Waals surface area contributed by atoms with Crippen LogP contribution in [0.2, 0.25) is 0 Å². The zero-order valence-corrected chi connectivity index (χ0v) is 15.8. The second kappa shape index (κ2) is 7.31. The van der Waals surface area contributed by atoms with Gasteiger partial charge in [-0.25, -0.2) is 4.79 Å². The van der Waals surface area contributed by atoms with Gasteiger partial charge in [0.05, 0.1) is 10.9 Å². The average Bonchev–Trinajstić information content (AvgIpc) is 2.62. The lowest BCUT2D eigenvalue weighted by Gasteiger charge is -2.37. The number of carboxylic acids is 1. The maximum Gasteiger partial charge on any atom is 0.329 e. The van der Waals surface area contributed by atoms with Gasteiger partial charge in [0.25, 0.3) is 5.91 Å². The van der Waals surface area contributed by atoms with Crippen LogP contribution in [-0.2, 0) is 9.59 Å². The van der Waals surface area contributed by atoms with E-state index in [9.17, 15) is 19.5 Å². The van der Waals surface area contributed by atoms with Crippen molar-refractivity contribution < 1.29 is 19.5 Å². The van der Waals surface area contributed by atoms with Crippen molar-refractivity contribution in [2.75, 3.05) is 5.32 Å². The Balaban J connectivity index is 1.78. The number of carbonyl (C=O) groups is 3. The molecule has 2 amide bonds. The van der Waals surface area contributed by atoms with E-state index in [1.54, 1.807) is 18.2 Å². The lowest BCUT2D eigenvalue weighted by atomic mass is 9.75. The van der Waals surface area contributed by atoms with Crippen LogP contribution in [0, 0.1) is 5.92 Å². The van der Waals surface area contributed by atoms with Crippen LogP contribution in [-0.4, -0.2) is 33.7 Å². The van der Waals surface area contributed by atoms with Gasteiger partial charge in [0, 0.05) is 10.5 Å². The van der Waals surface area contributed by atoms with Gasteiger partial charge in [-0.2, -0.15) is 0 Å². The van der Waals surface area contributed by atoms with E-state index in [0.717, 1.165) is 24.2 Å². The molecule has 140 valence electrons. The van der Waals surface area contributed by atoms with Crippen molar-refractivity contribution in [3.8, 4) is 0 Å². The first-order valence-electron chi connectivity index (χ1n) is 9.02. The highest BCUT2D eigenvalue weighted by Gasteiger charge is 2.43. The number of carbonyl (C=O) groups excluding carboxylic acids is 2. The zero-order valence-electron chi connectivity index (χ0n) is 15.0. The summed E-state index contributed by atoms with van der Waals surface area (Å²) in [7, 11) is 0. The number of hydrogen-bond donors (Lipinski definition) is 3. The van der Waals surface area contributed by atoms with Gasteiger partial charge in [-0.05, 0) is 56.7 Å². The predicted octanol–water partition coefficient (Wildman–Crippen LogP) is 3.27. The van der Waals surface area contributed by atoms with Crippen LogP contribution in [0.4, 0.5) is 5.69 Å². The quantitative estimate of drug-likeness (QED) is 0.749. The second-order valence-electron chi connectivity index (χ2n) is 7.15. The summed E-state index contributed by atoms with van der Waals surface area (Å²) in [6.45, 7) is 3.93. The number of anilines is 1. The molecule has 0 radical (unpaired) electrons. The van der Waals surface area contributed by atoms with Gasteiger partial charge < -0.3 is 15.7 Å². The van der Waals surface area contributed by atoms with Crippen molar-refractivity contribution in [1.29, 1.82) is 0 Å². The number of fused-ring (bicyclic) bond motifs is 1. The molecule has 1 fully saturated rings. The van der Waals surface area contributed by atoms with Crippen LogP contribution in [0.5, 0.6) is 0 Å². The third kappa shape index (κ3) is 3.58. The van der Waals surface area contributed by atoms with E-state index in [1.807, 2.05) is 6.92 Å². The number of thioether (sulfide) groups is 1. The molecule has 1 heterocycles. The summed E-state index contributed by atoms with van der Waals surface area (Å²) in [6.07, 6.45) is 3.53. The van der Waals surface area contributed by atoms with Crippen LogP contribution in [0.15, 0.2) is 23.1 Å². The Morgan fingerprint density at radius 3 is 2.65 bits per heavy atom. The topological polar surface area (TPSA) is 95.5 Å². The Morgan fingerprint density at radius 2 is 2.04 bits per heavy atom. The Hall–Kier alpha value is -2.02. The zero-order chi connectivity index (χ0) is 18.9. The minimum atomic E-state index is -1.20. The SMILES string of the molecule is CCC1CCC(NC(=O)c2ccc3c(c2)NC(=O)C(C)S3)(C(=O)O)CC1. The average molecular weight is 376 g/mol. The fourth-order valence-electron chi connectivity index (χ4n) is 3.61. The standard InChI is InChI=1S/C19H24N2O4S/c1-3-12-6-8-19(9-7-12,18(24)25)21-17(23)13-4-5-15-14(10-13)20-16(22)11(2)26-15/h4-5,10-12H,3,6-9H2,1-2H3,(H,20,22)(H,21,23)(H,24,25). The summed E-state index contributed by atoms with van der Waals surface area (Å²) >= 11 is 1.45. The molecule has 2 aliphatic rings. The van der Waals surface area contributed by atoms with E-state index < -0.39 is 17.4 Å². The number of amides is 2. The van der Waals surface area contributed by atoms with Crippen molar-refractivity contribution >= 4 is 35.2 Å². The molecule has 1 aromatic carbocycles. The molecular formula is C19H24N2O4S. The number of benzene rings is 1. The van der Waals surface area contributed by atoms with Crippen molar-refractivity contribution in [1.82, 2.24) is 5.32 Å². The number of hydrogen-bond acceptors (Lipinski definition) is 4. The maximum atomic E-state index is 12.7. The Labute approximate surface area is 157 Å². The highest BCUT2D eigenvalue weighted by molar-refractivity contribution is 8.00. The third-order valence-electron chi connectivity index (χ3n) is 5.47. The van der Waals surface area contributed by atoms with E-state index in [-0.39, 0.29) is 11.2 Å². The molecule has 1 atom stereocenters. The molecule has 0 aromatic heterocycles. The van der Waals surface area contributed by atoms with Gasteiger partial charge in [0.1, 0.15) is 5.54 Å². The van der Waals surface area contributed by atoms with Crippen molar-refractivity contribution in [2.45, 2.75) is 61.6 Å². The molecule has 3 N–H and O–H groups in total. The Bertz CT molecular complexity index is 741. The summed E-state index contributed by atoms with van der Waals surface area (Å²) in [6, 6.07) is 5.10. The summed E-state index contributed by atoms with van der Waals surface area (Å²) in [4.78, 5) is 37.3. The predicted molar refractivity (Wildman–Crippen MR) is 100 cm³/mol. The van der Waals surface area contributed by atoms with Crippen LogP contribution < -0.4 is 10.6 Å². The maximum absolute atomic E-state index is 12.7. The first-order valence-corrected chi connectivity index (χ1v) is 9.90. The van der Waals surface area contributed by atoms with Gasteiger partial charge in [-0.15, -0.1) is 11.8 Å². The molecule has 0 spiro atoms. The van der Waals surface area contributed by atoms with Crippen molar-refractivity contribution in [3.05, 3.63) is 23.8 Å². The molecule has 26 heavy (non-hydrogen) atoms. The summed E-state index contributed by atoms with van der Waals surface area (Å²) in [5.41, 5.74) is -0.243. The third-order valence-corrected chi connectivity index (χ3v) is 6.65. The number of nitrogens with one attached hydrogen (secondary N) is 2. The molecule has 1 unspecified atom stereocenters. The van der Waals surface area contributed by atoms with Crippen LogP contribution in [0.25, 0.3) is 0 Å². The minimum absolute atomic E-state index is 0.0973. The van der Waals surface area contributed by atoms with Gasteiger partial charge >= 0.3 is 5.97 Å². The fraction of sp³-hybridized carbons (Fsp3) is 0.526. The van der Waals surface area contributed by atoms with Crippen molar-refractivity contribution in [2.24, 2.45) is 5.92 Å². The largest absolute Gasteiger partial charge is 0.480 e. The van der Waals surface area contributed by atoms with E-state index in [0.29, 0.717) is 30.0 Å². The lowest BCUT2D eigenvalue weighted by molar-refractivity contribution is -0.146. The number of rotatable bonds is 4. The van der Waals surface area contributed by atoms with E-state index in [1.165, 1.54) is 11.8 Å². The molecule has 6 nitrogen and oxygen atoms in total. The summed E-state index contributed by atoms with van der Waals surface area (Å²) in [5.74, 6) is -0.962. The van der Waals surface area contributed by atoms with Gasteiger partial charge in [-0.3, -0.25) is 9.59 Å². The monoisotopic (exact) mass is 376 g/mol. The van der Waals surface area contributed by atoms with Crippen LogP contribution in [0.3, 0.4) is 0 Å². The molecular weight excluding hydrogens is 352 g/mol. The van der Waals surface area contributed by atoms with Gasteiger partial charge in [-0.1, -0.05) is 13.3 Å². The Morgan fingerprint density at radius 1 is 1.35 bits per heavy atom. The number of carboxylic acid groups (broad SMARTS) is 1. The molecule has 1 aliphatic carbocycles. The fourth-order valence-corrected chi connectivity index (χ4v) is 4.54.